The Morgan fingerprint density at radius 2 is 0.519 bits per heavy atom. The van der Waals surface area contributed by atoms with Gasteiger partial charge in [-0.2, -0.15) is 0 Å². The van der Waals surface area contributed by atoms with E-state index in [0.29, 0.717) is 10.8 Å². The first-order chi connectivity index (χ1) is 36.9. The maximum atomic E-state index is 12.3. The van der Waals surface area contributed by atoms with Gasteiger partial charge in [0.2, 0.25) is 0 Å². The zero-order valence-electron chi connectivity index (χ0n) is 49.9. The molecule has 0 saturated carbocycles. The van der Waals surface area contributed by atoms with Crippen LogP contribution in [0.25, 0.3) is 21.5 Å². The molecule has 4 rings (SSSR count). The minimum Gasteiger partial charge on any atom is -0.744 e. The molecule has 0 aliphatic heterocycles. The van der Waals surface area contributed by atoms with Gasteiger partial charge in [0.15, 0.2) is 0 Å². The topological polar surface area (TPSA) is 114 Å². The van der Waals surface area contributed by atoms with Gasteiger partial charge in [-0.15, -0.1) is 0 Å². The van der Waals surface area contributed by atoms with Crippen molar-refractivity contribution in [1.82, 2.24) is 0 Å². The normalized spacial score (nSPS) is 11.8. The second-order valence-electron chi connectivity index (χ2n) is 22.9. The van der Waals surface area contributed by atoms with Crippen molar-refractivity contribution in [2.75, 3.05) is 0 Å². The maximum Gasteiger partial charge on any atom is 2.00 e. The molecule has 0 amide bonds. The van der Waals surface area contributed by atoms with Crippen LogP contribution < -0.4 is 0 Å². The summed E-state index contributed by atoms with van der Waals surface area (Å²) in [7, 11) is -9.06. The Labute approximate surface area is 504 Å². The van der Waals surface area contributed by atoms with Gasteiger partial charge in [-0.05, 0) is 96.5 Å². The summed E-state index contributed by atoms with van der Waals surface area (Å²) < 4.78 is 73.7. The van der Waals surface area contributed by atoms with E-state index in [1.807, 2.05) is 36.4 Å². The van der Waals surface area contributed by atoms with Gasteiger partial charge in [0.1, 0.15) is 20.2 Å². The molecular formula is C68H110CaO6S2. The fourth-order valence-electron chi connectivity index (χ4n) is 11.4. The molecule has 9 heteroatoms. The van der Waals surface area contributed by atoms with E-state index in [1.54, 1.807) is 12.1 Å². The molecule has 0 N–H and O–H groups in total. The fraction of sp³-hybridized carbons (Fsp3) is 0.706. The Hall–Kier alpha value is -1.52. The third kappa shape index (κ3) is 32.1. The van der Waals surface area contributed by atoms with Gasteiger partial charge in [0.05, 0.1) is 9.79 Å². The Morgan fingerprint density at radius 3 is 0.753 bits per heavy atom. The van der Waals surface area contributed by atoms with Crippen molar-refractivity contribution in [2.24, 2.45) is 0 Å². The molecule has 0 aliphatic carbocycles. The summed E-state index contributed by atoms with van der Waals surface area (Å²) in [6.45, 7) is 9.01. The molecule has 0 radical (unpaired) electrons. The number of unbranched alkanes of at least 4 members (excludes halogenated alkanes) is 36. The molecule has 0 unspecified atom stereocenters. The van der Waals surface area contributed by atoms with Crippen molar-refractivity contribution >= 4 is 79.5 Å². The van der Waals surface area contributed by atoms with Crippen LogP contribution in [0.1, 0.15) is 307 Å². The van der Waals surface area contributed by atoms with E-state index in [2.05, 4.69) is 39.8 Å². The first-order valence-electron chi connectivity index (χ1n) is 31.9. The fourth-order valence-corrected chi connectivity index (χ4v) is 13.0. The van der Waals surface area contributed by atoms with Crippen LogP contribution in [0.5, 0.6) is 0 Å². The molecule has 0 aliphatic rings. The molecular weight excluding hydrogens is 1020 g/mol. The van der Waals surface area contributed by atoms with E-state index in [4.69, 9.17) is 0 Å². The summed E-state index contributed by atoms with van der Waals surface area (Å²) in [6, 6.07) is 19.5. The predicted octanol–water partition coefficient (Wildman–Crippen LogP) is 21.0. The molecule has 432 valence electrons. The van der Waals surface area contributed by atoms with Gasteiger partial charge < -0.3 is 9.11 Å². The number of fused-ring (bicyclic) bond motifs is 2. The number of rotatable bonds is 46. The van der Waals surface area contributed by atoms with E-state index >= 15 is 0 Å². The molecule has 0 heterocycles. The van der Waals surface area contributed by atoms with Crippen LogP contribution in [-0.2, 0) is 45.9 Å². The standard InChI is InChI=1S/2C34H56O3S.Ca/c2*1-3-5-7-9-11-13-15-17-19-21-24-30-28-32-27-23-26-31(34(32)33(29-30)38(35,36)37)25-22-20-18-16-14-12-10-8-6-4-2;/h2*23,26-29H,3-22,24-25H2,1-2H3,(H,35,36,37);/q;;+2/p-2. The van der Waals surface area contributed by atoms with Crippen LogP contribution in [-0.4, -0.2) is 63.7 Å². The monoisotopic (exact) mass is 1130 g/mol. The van der Waals surface area contributed by atoms with Crippen molar-refractivity contribution in [2.45, 2.75) is 320 Å². The maximum absolute atomic E-state index is 12.3. The van der Waals surface area contributed by atoms with Crippen LogP contribution in [0.15, 0.2) is 70.5 Å². The van der Waals surface area contributed by atoms with Gasteiger partial charge in [-0.25, -0.2) is 16.8 Å². The molecule has 6 nitrogen and oxygen atoms in total. The number of hydrogen-bond donors (Lipinski definition) is 0. The molecule has 0 spiro atoms. The van der Waals surface area contributed by atoms with Crippen LogP contribution in [0.2, 0.25) is 0 Å². The molecule has 4 aromatic rings. The average molecular weight is 1130 g/mol. The van der Waals surface area contributed by atoms with Gasteiger partial charge in [-0.3, -0.25) is 0 Å². The van der Waals surface area contributed by atoms with E-state index in [0.717, 1.165) is 110 Å². The van der Waals surface area contributed by atoms with E-state index in [-0.39, 0.29) is 47.5 Å². The summed E-state index contributed by atoms with van der Waals surface area (Å²) in [5, 5.41) is 3.11. The Balaban J connectivity index is 0.000000520. The summed E-state index contributed by atoms with van der Waals surface area (Å²) in [4.78, 5) is -0.0282. The third-order valence-electron chi connectivity index (χ3n) is 15.9. The third-order valence-corrected chi connectivity index (χ3v) is 17.7. The molecule has 0 aromatic heterocycles. The summed E-state index contributed by atoms with van der Waals surface area (Å²) in [5.41, 5.74) is 3.95. The smallest absolute Gasteiger partial charge is 0.744 e. The van der Waals surface area contributed by atoms with Crippen LogP contribution in [0, 0.1) is 0 Å². The first-order valence-corrected chi connectivity index (χ1v) is 34.8. The van der Waals surface area contributed by atoms with Crippen LogP contribution in [0.4, 0.5) is 0 Å². The minimum absolute atomic E-state index is 0. The Bertz CT molecular complexity index is 2160. The van der Waals surface area contributed by atoms with Crippen molar-refractivity contribution in [3.8, 4) is 0 Å². The Kier molecular flexibility index (Phi) is 41.9. The van der Waals surface area contributed by atoms with Crippen molar-refractivity contribution in [3.05, 3.63) is 82.9 Å². The summed E-state index contributed by atoms with van der Waals surface area (Å²) >= 11 is 0. The molecule has 77 heavy (non-hydrogen) atoms. The molecule has 0 atom stereocenters. The SMILES string of the molecule is CCCCCCCCCCCCc1cc(S(=O)(=O)[O-])c2c(CCCCCCCCCCCC)cccc2c1.CCCCCCCCCCCCc1cc(S(=O)(=O)[O-])c2c(CCCCCCCCCCCC)cccc2c1.[Ca+2]. The van der Waals surface area contributed by atoms with Gasteiger partial charge >= 0.3 is 37.7 Å². The van der Waals surface area contributed by atoms with Gasteiger partial charge in [0.25, 0.3) is 0 Å². The van der Waals surface area contributed by atoms with Crippen molar-refractivity contribution < 1.29 is 25.9 Å². The number of benzene rings is 4. The zero-order valence-corrected chi connectivity index (χ0v) is 53.7. The first kappa shape index (κ1) is 71.6. The number of aryl methyl sites for hydroxylation is 4. The Morgan fingerprint density at radius 1 is 0.299 bits per heavy atom. The molecule has 4 aromatic carbocycles. The van der Waals surface area contributed by atoms with Gasteiger partial charge in [0, 0.05) is 10.8 Å². The second-order valence-corrected chi connectivity index (χ2v) is 25.6. The molecule has 0 bridgehead atoms. The van der Waals surface area contributed by atoms with Crippen molar-refractivity contribution in [3.63, 3.8) is 0 Å². The van der Waals surface area contributed by atoms with Gasteiger partial charge in [-0.1, -0.05) is 307 Å². The summed E-state index contributed by atoms with van der Waals surface area (Å²) in [6.07, 6.45) is 54.3. The summed E-state index contributed by atoms with van der Waals surface area (Å²) in [5.74, 6) is 0. The van der Waals surface area contributed by atoms with E-state index in [9.17, 15) is 25.9 Å². The average Bonchev–Trinajstić information content (AvgIpc) is 3.40. The minimum atomic E-state index is -4.53. The van der Waals surface area contributed by atoms with E-state index in [1.165, 1.54) is 205 Å². The number of hydrogen-bond acceptors (Lipinski definition) is 6. The quantitative estimate of drug-likeness (QED) is 0.0247. The van der Waals surface area contributed by atoms with Crippen LogP contribution >= 0.6 is 0 Å². The zero-order chi connectivity index (χ0) is 55.0. The van der Waals surface area contributed by atoms with E-state index < -0.39 is 20.2 Å². The molecule has 0 fully saturated rings. The predicted molar refractivity (Wildman–Crippen MR) is 332 cm³/mol. The largest absolute Gasteiger partial charge is 2.00 e. The molecule has 0 saturated heterocycles. The van der Waals surface area contributed by atoms with Crippen molar-refractivity contribution in [1.29, 1.82) is 0 Å². The van der Waals surface area contributed by atoms with Crippen LogP contribution in [0.3, 0.4) is 0 Å². The second kappa shape index (κ2) is 45.1.